The van der Waals surface area contributed by atoms with Gasteiger partial charge in [-0.25, -0.2) is 4.68 Å². The lowest BCUT2D eigenvalue weighted by atomic mass is 10.1. The van der Waals surface area contributed by atoms with Crippen molar-refractivity contribution in [2.45, 2.75) is 20.8 Å². The maximum absolute atomic E-state index is 12.8. The maximum Gasteiger partial charge on any atom is 0.189 e. The van der Waals surface area contributed by atoms with E-state index >= 15 is 0 Å². The van der Waals surface area contributed by atoms with E-state index in [-0.39, 0.29) is 5.78 Å². The Hall–Kier alpha value is -3.14. The van der Waals surface area contributed by atoms with E-state index in [1.807, 2.05) is 80.1 Å². The topological polar surface area (TPSA) is 44.1 Å². The van der Waals surface area contributed by atoms with Gasteiger partial charge in [0.05, 0.1) is 29.2 Å². The fourth-order valence-corrected chi connectivity index (χ4v) is 2.97. The van der Waals surface area contributed by atoms with Crippen LogP contribution in [0, 0.1) is 13.8 Å². The third kappa shape index (κ3) is 3.59. The summed E-state index contributed by atoms with van der Waals surface area (Å²) in [6, 6.07) is 17.5. The van der Waals surface area contributed by atoms with Gasteiger partial charge in [-0.1, -0.05) is 36.4 Å². The van der Waals surface area contributed by atoms with Gasteiger partial charge >= 0.3 is 0 Å². The van der Waals surface area contributed by atoms with Crippen LogP contribution in [-0.2, 0) is 0 Å². The molecule has 0 aliphatic heterocycles. The first-order chi connectivity index (χ1) is 12.6. The summed E-state index contributed by atoms with van der Waals surface area (Å²) >= 11 is 0. The van der Waals surface area contributed by atoms with Crippen LogP contribution in [0.25, 0.3) is 11.8 Å². The van der Waals surface area contributed by atoms with E-state index < -0.39 is 0 Å². The summed E-state index contributed by atoms with van der Waals surface area (Å²) in [7, 11) is 0. The van der Waals surface area contributed by atoms with Crippen molar-refractivity contribution in [1.29, 1.82) is 0 Å². The standard InChI is InChI=1S/C22H22N2O2/c1-4-26-21-13-9-8-10-18(21)14-15-20(25)22-16(2)23-24(17(22)3)19-11-6-5-7-12-19/h5-15H,4H2,1-3H3. The molecule has 0 saturated carbocycles. The number of ether oxygens (including phenoxy) is 1. The highest BCUT2D eigenvalue weighted by Crippen LogP contribution is 2.22. The molecule has 3 rings (SSSR count). The average Bonchev–Trinajstić information content (AvgIpc) is 2.96. The second-order valence-electron chi connectivity index (χ2n) is 5.96. The monoisotopic (exact) mass is 346 g/mol. The smallest absolute Gasteiger partial charge is 0.189 e. The molecule has 3 aromatic rings. The summed E-state index contributed by atoms with van der Waals surface area (Å²) in [6.07, 6.45) is 3.39. The van der Waals surface area contributed by atoms with Crippen molar-refractivity contribution in [1.82, 2.24) is 9.78 Å². The summed E-state index contributed by atoms with van der Waals surface area (Å²) < 4.78 is 7.42. The van der Waals surface area contributed by atoms with Gasteiger partial charge in [0.2, 0.25) is 0 Å². The third-order valence-corrected chi connectivity index (χ3v) is 4.17. The van der Waals surface area contributed by atoms with Crippen LogP contribution in [0.2, 0.25) is 0 Å². The van der Waals surface area contributed by atoms with E-state index in [4.69, 9.17) is 4.74 Å². The van der Waals surface area contributed by atoms with Crippen molar-refractivity contribution in [2.24, 2.45) is 0 Å². The molecule has 0 fully saturated rings. The summed E-state index contributed by atoms with van der Waals surface area (Å²) in [5.41, 5.74) is 4.02. The number of aromatic nitrogens is 2. The molecule has 0 amide bonds. The lowest BCUT2D eigenvalue weighted by Gasteiger charge is -2.06. The number of para-hydroxylation sites is 2. The highest BCUT2D eigenvalue weighted by molar-refractivity contribution is 6.08. The molecule has 26 heavy (non-hydrogen) atoms. The fourth-order valence-electron chi connectivity index (χ4n) is 2.97. The molecular weight excluding hydrogens is 324 g/mol. The van der Waals surface area contributed by atoms with E-state index in [0.29, 0.717) is 12.2 Å². The maximum atomic E-state index is 12.8. The number of rotatable bonds is 6. The molecule has 2 aromatic carbocycles. The molecule has 132 valence electrons. The predicted molar refractivity (Wildman–Crippen MR) is 104 cm³/mol. The first-order valence-corrected chi connectivity index (χ1v) is 8.67. The Bertz CT molecular complexity index is 940. The van der Waals surface area contributed by atoms with Crippen LogP contribution in [0.4, 0.5) is 0 Å². The summed E-state index contributed by atoms with van der Waals surface area (Å²) in [6.45, 7) is 6.31. The minimum atomic E-state index is -0.0616. The van der Waals surface area contributed by atoms with Gasteiger partial charge in [0.1, 0.15) is 5.75 Å². The minimum absolute atomic E-state index is 0.0616. The van der Waals surface area contributed by atoms with Gasteiger partial charge in [-0.15, -0.1) is 0 Å². The number of ketones is 1. The van der Waals surface area contributed by atoms with Gasteiger partial charge in [-0.3, -0.25) is 4.79 Å². The highest BCUT2D eigenvalue weighted by Gasteiger charge is 2.17. The van der Waals surface area contributed by atoms with Gasteiger partial charge in [-0.05, 0) is 51.1 Å². The Balaban J connectivity index is 1.91. The van der Waals surface area contributed by atoms with E-state index in [2.05, 4.69) is 5.10 Å². The number of hydrogen-bond donors (Lipinski definition) is 0. The Morgan fingerprint density at radius 2 is 1.77 bits per heavy atom. The van der Waals surface area contributed by atoms with Gasteiger partial charge < -0.3 is 4.74 Å². The van der Waals surface area contributed by atoms with Crippen molar-refractivity contribution in [3.05, 3.63) is 83.2 Å². The minimum Gasteiger partial charge on any atom is -0.493 e. The van der Waals surface area contributed by atoms with Crippen LogP contribution in [0.1, 0.15) is 34.2 Å². The largest absolute Gasteiger partial charge is 0.493 e. The molecule has 4 heteroatoms. The van der Waals surface area contributed by atoms with E-state index in [1.165, 1.54) is 0 Å². The quantitative estimate of drug-likeness (QED) is 0.476. The first kappa shape index (κ1) is 17.7. The van der Waals surface area contributed by atoms with E-state index in [1.54, 1.807) is 12.2 Å². The zero-order valence-corrected chi connectivity index (χ0v) is 15.3. The molecule has 0 atom stereocenters. The number of carbonyl (C=O) groups is 1. The van der Waals surface area contributed by atoms with Crippen LogP contribution < -0.4 is 4.74 Å². The van der Waals surface area contributed by atoms with Crippen molar-refractivity contribution >= 4 is 11.9 Å². The SMILES string of the molecule is CCOc1ccccc1C=CC(=O)c1c(C)nn(-c2ccccc2)c1C. The third-order valence-electron chi connectivity index (χ3n) is 4.17. The molecule has 4 nitrogen and oxygen atoms in total. The van der Waals surface area contributed by atoms with Crippen molar-refractivity contribution in [3.63, 3.8) is 0 Å². The molecule has 1 aromatic heterocycles. The Kier molecular flexibility index (Phi) is 5.32. The summed E-state index contributed by atoms with van der Waals surface area (Å²) in [5, 5.41) is 4.54. The van der Waals surface area contributed by atoms with Crippen LogP contribution >= 0.6 is 0 Å². The number of allylic oxidation sites excluding steroid dienone is 1. The summed E-state index contributed by atoms with van der Waals surface area (Å²) in [4.78, 5) is 12.8. The zero-order valence-electron chi connectivity index (χ0n) is 15.3. The second kappa shape index (κ2) is 7.83. The molecule has 0 spiro atoms. The molecular formula is C22H22N2O2. The number of carbonyl (C=O) groups excluding carboxylic acids is 1. The number of aryl methyl sites for hydroxylation is 1. The molecule has 0 aliphatic rings. The molecule has 0 saturated heterocycles. The molecule has 0 unspecified atom stereocenters. The van der Waals surface area contributed by atoms with Crippen LogP contribution in [0.15, 0.2) is 60.7 Å². The lowest BCUT2D eigenvalue weighted by Crippen LogP contribution is -2.01. The molecule has 0 radical (unpaired) electrons. The lowest BCUT2D eigenvalue weighted by molar-refractivity contribution is 0.104. The number of benzene rings is 2. The Morgan fingerprint density at radius 1 is 1.08 bits per heavy atom. The van der Waals surface area contributed by atoms with Crippen LogP contribution in [0.5, 0.6) is 5.75 Å². The molecule has 0 bridgehead atoms. The number of nitrogens with zero attached hydrogens (tertiary/aromatic N) is 2. The molecule has 0 aliphatic carbocycles. The Labute approximate surface area is 153 Å². The average molecular weight is 346 g/mol. The van der Waals surface area contributed by atoms with E-state index in [9.17, 15) is 4.79 Å². The van der Waals surface area contributed by atoms with Crippen LogP contribution in [0.3, 0.4) is 0 Å². The first-order valence-electron chi connectivity index (χ1n) is 8.67. The normalized spacial score (nSPS) is 11.0. The van der Waals surface area contributed by atoms with Gasteiger partial charge in [0, 0.05) is 5.56 Å². The van der Waals surface area contributed by atoms with Gasteiger partial charge in [0.15, 0.2) is 5.78 Å². The van der Waals surface area contributed by atoms with Gasteiger partial charge in [-0.2, -0.15) is 5.10 Å². The zero-order chi connectivity index (χ0) is 18.5. The Morgan fingerprint density at radius 3 is 2.50 bits per heavy atom. The van der Waals surface area contributed by atoms with Gasteiger partial charge in [0.25, 0.3) is 0 Å². The van der Waals surface area contributed by atoms with Crippen molar-refractivity contribution < 1.29 is 9.53 Å². The summed E-state index contributed by atoms with van der Waals surface area (Å²) in [5.74, 6) is 0.709. The van der Waals surface area contributed by atoms with Crippen molar-refractivity contribution in [2.75, 3.05) is 6.61 Å². The van der Waals surface area contributed by atoms with Crippen molar-refractivity contribution in [3.8, 4) is 11.4 Å². The van der Waals surface area contributed by atoms with Crippen LogP contribution in [-0.4, -0.2) is 22.2 Å². The predicted octanol–water partition coefficient (Wildman–Crippen LogP) is 4.78. The number of hydrogen-bond acceptors (Lipinski definition) is 3. The highest BCUT2D eigenvalue weighted by atomic mass is 16.5. The fraction of sp³-hybridized carbons (Fsp3) is 0.182. The second-order valence-corrected chi connectivity index (χ2v) is 5.96. The van der Waals surface area contributed by atoms with E-state index in [0.717, 1.165) is 28.4 Å². The molecule has 1 heterocycles. The molecule has 0 N–H and O–H groups in total.